The molecule has 2 aromatic heterocycles. The summed E-state index contributed by atoms with van der Waals surface area (Å²) in [6.45, 7) is 1.88. The van der Waals surface area contributed by atoms with Gasteiger partial charge in [-0.25, -0.2) is 17.8 Å². The molecule has 30 heavy (non-hydrogen) atoms. The fraction of sp³-hybridized carbons (Fsp3) is 0.0909. The van der Waals surface area contributed by atoms with Gasteiger partial charge in [-0.1, -0.05) is 0 Å². The van der Waals surface area contributed by atoms with Crippen molar-refractivity contribution in [2.75, 3.05) is 11.0 Å². The fourth-order valence-corrected chi connectivity index (χ4v) is 3.81. The van der Waals surface area contributed by atoms with Crippen LogP contribution in [0, 0.1) is 12.7 Å². The van der Waals surface area contributed by atoms with Gasteiger partial charge in [-0.3, -0.25) is 9.71 Å². The minimum absolute atomic E-state index is 0.315. The summed E-state index contributed by atoms with van der Waals surface area (Å²) in [4.78, 5) is 12.2. The quantitative estimate of drug-likeness (QED) is 0.491. The van der Waals surface area contributed by atoms with E-state index in [4.69, 9.17) is 4.98 Å². The van der Waals surface area contributed by atoms with Gasteiger partial charge in [0.2, 0.25) is 10.0 Å². The number of anilines is 1. The van der Waals surface area contributed by atoms with Crippen LogP contribution in [0.5, 0.6) is 0 Å². The summed E-state index contributed by atoms with van der Waals surface area (Å²) < 4.78 is 38.9. The Labute approximate surface area is 173 Å². The summed E-state index contributed by atoms with van der Waals surface area (Å²) in [5.41, 5.74) is 5.32. The number of rotatable bonds is 5. The second-order valence-electron chi connectivity index (χ2n) is 6.96. The van der Waals surface area contributed by atoms with Gasteiger partial charge in [0.15, 0.2) is 0 Å². The topological polar surface area (TPSA) is 87.7 Å². The molecule has 8 heteroatoms. The van der Waals surface area contributed by atoms with Gasteiger partial charge in [0.25, 0.3) is 0 Å². The Balaban J connectivity index is 1.83. The molecule has 0 spiro atoms. The van der Waals surface area contributed by atoms with Crippen LogP contribution in [0.2, 0.25) is 0 Å². The summed E-state index contributed by atoms with van der Waals surface area (Å²) in [7, 11) is -3.36. The minimum Gasteiger partial charge on any atom is -0.337 e. The first-order chi connectivity index (χ1) is 14.3. The first-order valence-electron chi connectivity index (χ1n) is 9.15. The first kappa shape index (κ1) is 19.8. The maximum absolute atomic E-state index is 13.4. The molecule has 2 N–H and O–H groups in total. The number of sulfonamides is 1. The molecular weight excluding hydrogens is 403 g/mol. The van der Waals surface area contributed by atoms with E-state index in [1.54, 1.807) is 36.7 Å². The van der Waals surface area contributed by atoms with Crippen LogP contribution in [0.15, 0.2) is 67.0 Å². The van der Waals surface area contributed by atoms with Gasteiger partial charge in [-0.15, -0.1) is 0 Å². The lowest BCUT2D eigenvalue weighted by Gasteiger charge is -2.08. The van der Waals surface area contributed by atoms with Crippen LogP contribution < -0.4 is 4.72 Å². The number of H-pyrrole nitrogens is 1. The number of imidazole rings is 1. The maximum atomic E-state index is 13.4. The second-order valence-corrected chi connectivity index (χ2v) is 8.70. The Morgan fingerprint density at radius 2 is 1.67 bits per heavy atom. The number of nitrogens with zero attached hydrogens (tertiary/aromatic N) is 2. The van der Waals surface area contributed by atoms with Gasteiger partial charge in [-0.2, -0.15) is 0 Å². The average molecular weight is 422 g/mol. The van der Waals surface area contributed by atoms with E-state index in [0.717, 1.165) is 34.2 Å². The Kier molecular flexibility index (Phi) is 5.09. The molecule has 0 aliphatic carbocycles. The maximum Gasteiger partial charge on any atom is 0.229 e. The molecule has 4 rings (SSSR count). The van der Waals surface area contributed by atoms with Gasteiger partial charge < -0.3 is 4.98 Å². The van der Waals surface area contributed by atoms with Crippen molar-refractivity contribution in [3.05, 3.63) is 78.4 Å². The smallest absolute Gasteiger partial charge is 0.229 e. The summed E-state index contributed by atoms with van der Waals surface area (Å²) in [5.74, 6) is 0.314. The summed E-state index contributed by atoms with van der Waals surface area (Å²) in [6, 6.07) is 15.2. The molecule has 0 unspecified atom stereocenters. The van der Waals surface area contributed by atoms with Gasteiger partial charge >= 0.3 is 0 Å². The third kappa shape index (κ3) is 4.23. The van der Waals surface area contributed by atoms with E-state index in [0.29, 0.717) is 17.2 Å². The molecule has 152 valence electrons. The van der Waals surface area contributed by atoms with E-state index in [-0.39, 0.29) is 5.82 Å². The van der Waals surface area contributed by atoms with E-state index >= 15 is 0 Å². The molecular formula is C22H19FN4O2S. The normalized spacial score (nSPS) is 11.4. The van der Waals surface area contributed by atoms with Crippen molar-refractivity contribution in [2.45, 2.75) is 6.92 Å². The van der Waals surface area contributed by atoms with Gasteiger partial charge in [0, 0.05) is 34.8 Å². The SMILES string of the molecule is Cc1cc(NS(C)(=O)=O)ccc1-c1nc(-c2ccc(F)cc2)c(-c2ccncc2)[nH]1. The monoisotopic (exact) mass is 422 g/mol. The lowest BCUT2D eigenvalue weighted by Crippen LogP contribution is -2.09. The van der Waals surface area contributed by atoms with Crippen molar-refractivity contribution in [1.82, 2.24) is 15.0 Å². The van der Waals surface area contributed by atoms with E-state index < -0.39 is 10.0 Å². The van der Waals surface area contributed by atoms with Crippen molar-refractivity contribution in [3.63, 3.8) is 0 Å². The number of aromatic amines is 1. The number of pyridine rings is 1. The molecule has 0 atom stereocenters. The zero-order valence-corrected chi connectivity index (χ0v) is 17.2. The highest BCUT2D eigenvalue weighted by Gasteiger charge is 2.17. The van der Waals surface area contributed by atoms with E-state index in [1.807, 2.05) is 25.1 Å². The Hall–Kier alpha value is -3.52. The molecule has 0 aliphatic rings. The zero-order valence-electron chi connectivity index (χ0n) is 16.3. The summed E-state index contributed by atoms with van der Waals surface area (Å²) in [6.07, 6.45) is 4.50. The zero-order chi connectivity index (χ0) is 21.3. The number of hydrogen-bond acceptors (Lipinski definition) is 4. The number of aromatic nitrogens is 3. The van der Waals surface area contributed by atoms with Crippen LogP contribution in [0.3, 0.4) is 0 Å². The van der Waals surface area contributed by atoms with E-state index in [9.17, 15) is 12.8 Å². The molecule has 0 amide bonds. The van der Waals surface area contributed by atoms with E-state index in [1.165, 1.54) is 12.1 Å². The third-order valence-electron chi connectivity index (χ3n) is 4.58. The molecule has 6 nitrogen and oxygen atoms in total. The highest BCUT2D eigenvalue weighted by Crippen LogP contribution is 2.34. The lowest BCUT2D eigenvalue weighted by molar-refractivity contribution is 0.607. The van der Waals surface area contributed by atoms with Gasteiger partial charge in [0.1, 0.15) is 11.6 Å². The van der Waals surface area contributed by atoms with Crippen LogP contribution in [0.4, 0.5) is 10.1 Å². The lowest BCUT2D eigenvalue weighted by atomic mass is 10.1. The Morgan fingerprint density at radius 1 is 0.967 bits per heavy atom. The van der Waals surface area contributed by atoms with Crippen molar-refractivity contribution in [2.24, 2.45) is 0 Å². The predicted molar refractivity (Wildman–Crippen MR) is 116 cm³/mol. The molecule has 4 aromatic rings. The van der Waals surface area contributed by atoms with Crippen molar-refractivity contribution in [3.8, 4) is 33.9 Å². The molecule has 2 aromatic carbocycles. The van der Waals surface area contributed by atoms with E-state index in [2.05, 4.69) is 14.7 Å². The number of aryl methyl sites for hydroxylation is 1. The standard InChI is InChI=1S/C22H19FN4O2S/c1-14-13-18(27-30(2,28)29)7-8-19(14)22-25-20(15-3-5-17(23)6-4-15)21(26-22)16-9-11-24-12-10-16/h3-13,27H,1-2H3,(H,25,26). The third-order valence-corrected chi connectivity index (χ3v) is 5.18. The first-order valence-corrected chi connectivity index (χ1v) is 11.0. The highest BCUT2D eigenvalue weighted by molar-refractivity contribution is 7.92. The number of benzene rings is 2. The number of halogens is 1. The summed E-state index contributed by atoms with van der Waals surface area (Å²) >= 11 is 0. The number of hydrogen-bond donors (Lipinski definition) is 2. The Bertz CT molecular complexity index is 1300. The van der Waals surface area contributed by atoms with Crippen molar-refractivity contribution < 1.29 is 12.8 Å². The molecule has 0 saturated heterocycles. The van der Waals surface area contributed by atoms with Crippen LogP contribution in [0.1, 0.15) is 5.56 Å². The molecule has 0 aliphatic heterocycles. The fourth-order valence-electron chi connectivity index (χ4n) is 3.25. The van der Waals surface area contributed by atoms with Gasteiger partial charge in [-0.05, 0) is 67.1 Å². The molecule has 0 bridgehead atoms. The van der Waals surface area contributed by atoms with Gasteiger partial charge in [0.05, 0.1) is 17.6 Å². The average Bonchev–Trinajstić information content (AvgIpc) is 3.13. The summed E-state index contributed by atoms with van der Waals surface area (Å²) in [5, 5.41) is 0. The van der Waals surface area contributed by atoms with Crippen LogP contribution in [0.25, 0.3) is 33.9 Å². The second kappa shape index (κ2) is 7.72. The highest BCUT2D eigenvalue weighted by atomic mass is 32.2. The largest absolute Gasteiger partial charge is 0.337 e. The molecule has 0 radical (unpaired) electrons. The minimum atomic E-state index is -3.36. The van der Waals surface area contributed by atoms with Crippen molar-refractivity contribution >= 4 is 15.7 Å². The molecule has 0 saturated carbocycles. The number of nitrogens with one attached hydrogen (secondary N) is 2. The van der Waals surface area contributed by atoms with Crippen LogP contribution >= 0.6 is 0 Å². The van der Waals surface area contributed by atoms with Crippen molar-refractivity contribution in [1.29, 1.82) is 0 Å². The predicted octanol–water partition coefficient (Wildman–Crippen LogP) is 4.62. The van der Waals surface area contributed by atoms with Crippen LogP contribution in [-0.4, -0.2) is 29.6 Å². The Morgan fingerprint density at radius 3 is 2.30 bits per heavy atom. The molecule has 2 heterocycles. The molecule has 0 fully saturated rings. The van der Waals surface area contributed by atoms with Crippen LogP contribution in [-0.2, 0) is 10.0 Å².